The van der Waals surface area contributed by atoms with E-state index in [1.165, 1.54) is 11.3 Å². The highest BCUT2D eigenvalue weighted by Gasteiger charge is 2.59. The van der Waals surface area contributed by atoms with Gasteiger partial charge in [-0.15, -0.1) is 0 Å². The summed E-state index contributed by atoms with van der Waals surface area (Å²) in [5, 5.41) is 7.59. The first-order chi connectivity index (χ1) is 7.09. The summed E-state index contributed by atoms with van der Waals surface area (Å²) in [7, 11) is 0. The zero-order valence-corrected chi connectivity index (χ0v) is 9.62. The highest BCUT2D eigenvalue weighted by molar-refractivity contribution is 6.30. The molecule has 0 aliphatic carbocycles. The van der Waals surface area contributed by atoms with Crippen molar-refractivity contribution in [2.45, 2.75) is 31.8 Å². The first-order valence-corrected chi connectivity index (χ1v) is 5.59. The third kappa shape index (κ3) is 1.28. The van der Waals surface area contributed by atoms with Gasteiger partial charge in [-0.1, -0.05) is 23.7 Å². The number of rotatable bonds is 1. The molecule has 1 saturated heterocycles. The lowest BCUT2D eigenvalue weighted by Gasteiger charge is -2.07. The lowest BCUT2D eigenvalue weighted by molar-refractivity contribution is 0.475. The predicted octanol–water partition coefficient (Wildman–Crippen LogP) is 2.91. The Hall–Kier alpha value is -1.02. The van der Waals surface area contributed by atoms with Gasteiger partial charge in [0, 0.05) is 11.4 Å². The lowest BCUT2D eigenvalue weighted by Crippen LogP contribution is -2.13. The molecule has 3 rings (SSSR count). The van der Waals surface area contributed by atoms with E-state index in [1.54, 1.807) is 0 Å². The maximum Gasteiger partial charge on any atom is 0.0776 e. The first-order valence-electron chi connectivity index (χ1n) is 5.22. The van der Waals surface area contributed by atoms with E-state index < -0.39 is 0 Å². The summed E-state index contributed by atoms with van der Waals surface area (Å²) in [5.74, 6) is 0. The Morgan fingerprint density at radius 1 is 1.33 bits per heavy atom. The fourth-order valence-corrected chi connectivity index (χ4v) is 2.38. The molecule has 0 aromatic heterocycles. The first kappa shape index (κ1) is 9.22. The van der Waals surface area contributed by atoms with Crippen LogP contribution in [0.3, 0.4) is 0 Å². The van der Waals surface area contributed by atoms with Crippen LogP contribution in [-0.2, 0) is 0 Å². The number of benzene rings is 1. The Morgan fingerprint density at radius 2 is 2.00 bits per heavy atom. The summed E-state index contributed by atoms with van der Waals surface area (Å²) in [6.45, 7) is 4.47. The number of hydrogen-bond donors (Lipinski definition) is 0. The third-order valence-corrected chi connectivity index (χ3v) is 3.68. The monoisotopic (exact) mass is 220 g/mol. The Bertz CT molecular complexity index is 433. The summed E-state index contributed by atoms with van der Waals surface area (Å²) in [6.07, 6.45) is 1.06. The van der Waals surface area contributed by atoms with Crippen molar-refractivity contribution in [2.24, 2.45) is 5.10 Å². The van der Waals surface area contributed by atoms with Gasteiger partial charge < -0.3 is 0 Å². The van der Waals surface area contributed by atoms with Gasteiger partial charge in [-0.3, -0.25) is 5.01 Å². The van der Waals surface area contributed by atoms with Crippen molar-refractivity contribution >= 4 is 17.3 Å². The molecule has 0 amide bonds. The second-order valence-corrected chi connectivity index (χ2v) is 5.21. The van der Waals surface area contributed by atoms with Gasteiger partial charge in [0.2, 0.25) is 0 Å². The van der Waals surface area contributed by atoms with Crippen LogP contribution in [0.25, 0.3) is 0 Å². The Balaban J connectivity index is 1.87. The van der Waals surface area contributed by atoms with Crippen LogP contribution in [0.1, 0.15) is 25.8 Å². The van der Waals surface area contributed by atoms with Crippen molar-refractivity contribution in [3.05, 3.63) is 34.9 Å². The van der Waals surface area contributed by atoms with Gasteiger partial charge in [0.25, 0.3) is 0 Å². The standard InChI is InChI=1S/C12H13ClN2/c1-12(2)11-7-10(14-15(11)12)8-3-5-9(13)6-4-8/h3-6,11H,7H2,1-2H3. The van der Waals surface area contributed by atoms with Crippen LogP contribution in [0.2, 0.25) is 5.02 Å². The van der Waals surface area contributed by atoms with Crippen molar-refractivity contribution in [3.63, 3.8) is 0 Å². The maximum absolute atomic E-state index is 5.85. The van der Waals surface area contributed by atoms with Gasteiger partial charge >= 0.3 is 0 Å². The molecule has 1 aromatic carbocycles. The van der Waals surface area contributed by atoms with E-state index in [-0.39, 0.29) is 5.54 Å². The molecule has 2 heterocycles. The normalized spacial score (nSPS) is 26.2. The molecule has 0 radical (unpaired) electrons. The van der Waals surface area contributed by atoms with Crippen LogP contribution < -0.4 is 0 Å². The van der Waals surface area contributed by atoms with Crippen LogP contribution in [0.5, 0.6) is 0 Å². The van der Waals surface area contributed by atoms with Crippen LogP contribution in [0.15, 0.2) is 29.4 Å². The summed E-state index contributed by atoms with van der Waals surface area (Å²) >= 11 is 5.85. The van der Waals surface area contributed by atoms with Crippen LogP contribution >= 0.6 is 11.6 Å². The van der Waals surface area contributed by atoms with Crippen LogP contribution in [-0.4, -0.2) is 22.3 Å². The molecule has 1 fully saturated rings. The molecular formula is C12H13ClN2. The predicted molar refractivity (Wildman–Crippen MR) is 62.3 cm³/mol. The van der Waals surface area contributed by atoms with E-state index in [0.29, 0.717) is 6.04 Å². The van der Waals surface area contributed by atoms with E-state index in [1.807, 2.05) is 24.3 Å². The van der Waals surface area contributed by atoms with Gasteiger partial charge in [0.1, 0.15) is 0 Å². The molecule has 0 N–H and O–H groups in total. The van der Waals surface area contributed by atoms with Crippen LogP contribution in [0.4, 0.5) is 0 Å². The molecule has 3 heteroatoms. The zero-order valence-electron chi connectivity index (χ0n) is 8.87. The van der Waals surface area contributed by atoms with Crippen molar-refractivity contribution in [1.82, 2.24) is 5.01 Å². The molecule has 1 unspecified atom stereocenters. The fraction of sp³-hybridized carbons (Fsp3) is 0.417. The second-order valence-electron chi connectivity index (χ2n) is 4.77. The summed E-state index contributed by atoms with van der Waals surface area (Å²) in [6, 6.07) is 8.54. The van der Waals surface area contributed by atoms with Crippen molar-refractivity contribution in [3.8, 4) is 0 Å². The van der Waals surface area contributed by atoms with Gasteiger partial charge in [-0.05, 0) is 31.5 Å². The highest BCUT2D eigenvalue weighted by atomic mass is 35.5. The average Bonchev–Trinajstić information content (AvgIpc) is 2.64. The third-order valence-electron chi connectivity index (χ3n) is 3.43. The van der Waals surface area contributed by atoms with E-state index in [9.17, 15) is 0 Å². The van der Waals surface area contributed by atoms with Gasteiger partial charge in [-0.25, -0.2) is 0 Å². The number of nitrogens with zero attached hydrogens (tertiary/aromatic N) is 2. The Kier molecular flexibility index (Phi) is 1.70. The molecule has 0 saturated carbocycles. The molecule has 2 aliphatic heterocycles. The molecular weight excluding hydrogens is 208 g/mol. The average molecular weight is 221 g/mol. The molecule has 78 valence electrons. The number of fused-ring (bicyclic) bond motifs is 1. The quantitative estimate of drug-likeness (QED) is 0.665. The van der Waals surface area contributed by atoms with Crippen molar-refractivity contribution in [2.75, 3.05) is 0 Å². The molecule has 1 atom stereocenters. The summed E-state index contributed by atoms with van der Waals surface area (Å²) in [5.41, 5.74) is 2.68. The minimum atomic E-state index is 0.288. The molecule has 2 nitrogen and oxygen atoms in total. The minimum absolute atomic E-state index is 0.288. The van der Waals surface area contributed by atoms with Gasteiger partial charge in [0.05, 0.1) is 17.3 Å². The highest BCUT2D eigenvalue weighted by Crippen LogP contribution is 2.47. The fourth-order valence-electron chi connectivity index (χ4n) is 2.25. The Labute approximate surface area is 94.5 Å². The van der Waals surface area contributed by atoms with E-state index >= 15 is 0 Å². The van der Waals surface area contributed by atoms with Crippen LogP contribution in [0, 0.1) is 0 Å². The largest absolute Gasteiger partial charge is 0.283 e. The van der Waals surface area contributed by atoms with Gasteiger partial charge in [-0.2, -0.15) is 5.10 Å². The molecule has 15 heavy (non-hydrogen) atoms. The Morgan fingerprint density at radius 3 is 2.53 bits per heavy atom. The number of hydrogen-bond acceptors (Lipinski definition) is 2. The SMILES string of the molecule is CC1(C)C2CC(c3ccc(Cl)cc3)=NN21. The summed E-state index contributed by atoms with van der Waals surface area (Å²) < 4.78 is 0. The number of hydrazone groups is 1. The zero-order chi connectivity index (χ0) is 10.6. The maximum atomic E-state index is 5.85. The second kappa shape index (κ2) is 2.76. The molecule has 2 aliphatic rings. The minimum Gasteiger partial charge on any atom is -0.283 e. The summed E-state index contributed by atoms with van der Waals surface area (Å²) in [4.78, 5) is 0. The number of halogens is 1. The smallest absolute Gasteiger partial charge is 0.0776 e. The van der Waals surface area contributed by atoms with E-state index in [2.05, 4.69) is 24.0 Å². The molecule has 0 spiro atoms. The topological polar surface area (TPSA) is 15.4 Å². The van der Waals surface area contributed by atoms with Crippen molar-refractivity contribution in [1.29, 1.82) is 0 Å². The molecule has 1 aromatic rings. The lowest BCUT2D eigenvalue weighted by atomic mass is 10.0. The molecule has 0 bridgehead atoms. The van der Waals surface area contributed by atoms with Crippen molar-refractivity contribution < 1.29 is 0 Å². The van der Waals surface area contributed by atoms with Gasteiger partial charge in [0.15, 0.2) is 0 Å². The van der Waals surface area contributed by atoms with E-state index in [4.69, 9.17) is 11.6 Å². The van der Waals surface area contributed by atoms with E-state index in [0.717, 1.165) is 11.4 Å².